The van der Waals surface area contributed by atoms with Crippen molar-refractivity contribution in [3.8, 4) is 22.4 Å². The van der Waals surface area contributed by atoms with Gasteiger partial charge in [0, 0.05) is 36.0 Å². The second kappa shape index (κ2) is 13.2. The summed E-state index contributed by atoms with van der Waals surface area (Å²) in [6.07, 6.45) is -1.59. The first-order chi connectivity index (χ1) is 19.6. The number of nitrogens with one attached hydrogen (secondary N) is 3. The van der Waals surface area contributed by atoms with Crippen LogP contribution in [0.2, 0.25) is 0 Å². The standard InChI is InChI=1S/C31H36F3N5O2/c1-5-35-19-41-18-24-8-7-22(13-20(24)3)25-15-27(37-12-11-31(32,33)34)29-38-16-28(39(29)17-25)23-9-10-26(21(4)14-23)30(40)36-6-2/h7-10,13-17,35,37H,5-6,11-12,18-19H2,1-4H3,(H,36,40). The first kappa shape index (κ1) is 30.1. The topological polar surface area (TPSA) is 79.7 Å². The van der Waals surface area contributed by atoms with Crippen molar-refractivity contribution in [2.75, 3.05) is 31.7 Å². The number of hydrogen-bond donors (Lipinski definition) is 3. The van der Waals surface area contributed by atoms with Gasteiger partial charge in [-0.15, -0.1) is 0 Å². The Kier molecular flexibility index (Phi) is 9.67. The summed E-state index contributed by atoms with van der Waals surface area (Å²) < 4.78 is 46.4. The number of amides is 1. The number of carbonyl (C=O) groups is 1. The molecule has 7 nitrogen and oxygen atoms in total. The summed E-state index contributed by atoms with van der Waals surface area (Å²) in [5.74, 6) is -0.140. The van der Waals surface area contributed by atoms with E-state index in [4.69, 9.17) is 4.74 Å². The van der Waals surface area contributed by atoms with Crippen molar-refractivity contribution in [1.29, 1.82) is 0 Å². The average molecular weight is 568 g/mol. The summed E-state index contributed by atoms with van der Waals surface area (Å²) in [6, 6.07) is 13.4. The molecule has 0 saturated heterocycles. The van der Waals surface area contributed by atoms with Gasteiger partial charge in [0.1, 0.15) is 0 Å². The maximum Gasteiger partial charge on any atom is 0.390 e. The number of halogens is 3. The van der Waals surface area contributed by atoms with Gasteiger partial charge < -0.3 is 15.4 Å². The number of carbonyl (C=O) groups excluding carboxylic acids is 1. The lowest BCUT2D eigenvalue weighted by molar-refractivity contribution is -0.131. The molecule has 0 bridgehead atoms. The van der Waals surface area contributed by atoms with Crippen molar-refractivity contribution >= 4 is 17.2 Å². The molecular formula is C31H36F3N5O2. The van der Waals surface area contributed by atoms with Crippen LogP contribution in [-0.2, 0) is 11.3 Å². The molecule has 0 spiro atoms. The van der Waals surface area contributed by atoms with E-state index >= 15 is 0 Å². The summed E-state index contributed by atoms with van der Waals surface area (Å²) >= 11 is 0. The predicted molar refractivity (Wildman–Crippen MR) is 156 cm³/mol. The highest BCUT2D eigenvalue weighted by Crippen LogP contribution is 2.32. The third kappa shape index (κ3) is 7.45. The largest absolute Gasteiger partial charge is 0.390 e. The van der Waals surface area contributed by atoms with Crippen molar-refractivity contribution in [2.24, 2.45) is 0 Å². The molecule has 0 unspecified atom stereocenters. The van der Waals surface area contributed by atoms with Gasteiger partial charge in [0.2, 0.25) is 0 Å². The van der Waals surface area contributed by atoms with Crippen molar-refractivity contribution in [3.63, 3.8) is 0 Å². The zero-order valence-electron chi connectivity index (χ0n) is 23.8. The maximum absolute atomic E-state index is 12.9. The third-order valence-corrected chi connectivity index (χ3v) is 6.82. The smallest absolute Gasteiger partial charge is 0.382 e. The number of nitrogens with zero attached hydrogens (tertiary/aromatic N) is 2. The second-order valence-electron chi connectivity index (χ2n) is 9.90. The second-order valence-corrected chi connectivity index (χ2v) is 9.90. The van der Waals surface area contributed by atoms with E-state index in [1.54, 1.807) is 12.3 Å². The van der Waals surface area contributed by atoms with Crippen LogP contribution in [0.3, 0.4) is 0 Å². The number of hydrogen-bond acceptors (Lipinski definition) is 5. The Labute approximate surface area is 238 Å². The highest BCUT2D eigenvalue weighted by molar-refractivity contribution is 5.96. The fourth-order valence-electron chi connectivity index (χ4n) is 4.63. The number of rotatable bonds is 12. The molecule has 41 heavy (non-hydrogen) atoms. The minimum atomic E-state index is -4.27. The van der Waals surface area contributed by atoms with E-state index in [-0.39, 0.29) is 12.5 Å². The van der Waals surface area contributed by atoms with Crippen LogP contribution in [0.15, 0.2) is 54.9 Å². The number of pyridine rings is 1. The molecule has 0 aliphatic carbocycles. The summed E-state index contributed by atoms with van der Waals surface area (Å²) in [5.41, 5.74) is 7.87. The predicted octanol–water partition coefficient (Wildman–Crippen LogP) is 6.48. The van der Waals surface area contributed by atoms with Crippen molar-refractivity contribution in [3.05, 3.63) is 77.1 Å². The van der Waals surface area contributed by atoms with E-state index in [0.29, 0.717) is 36.8 Å². The van der Waals surface area contributed by atoms with Crippen LogP contribution in [0, 0.1) is 13.8 Å². The van der Waals surface area contributed by atoms with Gasteiger partial charge in [0.25, 0.3) is 5.91 Å². The fraction of sp³-hybridized carbons (Fsp3) is 0.355. The monoisotopic (exact) mass is 567 g/mol. The SMILES string of the molecule is CCNCOCc1ccc(-c2cc(NCCC(F)(F)F)c3ncc(-c4ccc(C(=O)NCC)c(C)c4)n3c2)cc1C. The molecule has 2 aromatic carbocycles. The molecular weight excluding hydrogens is 531 g/mol. The fourth-order valence-corrected chi connectivity index (χ4v) is 4.63. The van der Waals surface area contributed by atoms with Crippen molar-refractivity contribution < 1.29 is 22.7 Å². The average Bonchev–Trinajstić information content (AvgIpc) is 3.35. The Hall–Kier alpha value is -3.89. The lowest BCUT2D eigenvalue weighted by atomic mass is 10.0. The molecule has 0 saturated carbocycles. The van der Waals surface area contributed by atoms with Crippen molar-refractivity contribution in [1.82, 2.24) is 20.0 Å². The van der Waals surface area contributed by atoms with Gasteiger partial charge in [-0.2, -0.15) is 13.2 Å². The molecule has 2 aromatic heterocycles. The number of alkyl halides is 3. The van der Waals surface area contributed by atoms with Crippen LogP contribution in [0.4, 0.5) is 18.9 Å². The molecule has 0 fully saturated rings. The molecule has 0 radical (unpaired) electrons. The number of fused-ring (bicyclic) bond motifs is 1. The lowest BCUT2D eigenvalue weighted by Crippen LogP contribution is -2.23. The quantitative estimate of drug-likeness (QED) is 0.135. The molecule has 0 aliphatic heterocycles. The maximum atomic E-state index is 12.9. The molecule has 4 aromatic rings. The van der Waals surface area contributed by atoms with E-state index in [0.717, 1.165) is 45.6 Å². The number of aryl methyl sites for hydroxylation is 2. The molecule has 1 amide bonds. The van der Waals surface area contributed by atoms with E-state index < -0.39 is 12.6 Å². The Bertz CT molecular complexity index is 1510. The summed E-state index contributed by atoms with van der Waals surface area (Å²) in [6.45, 7) is 9.79. The van der Waals surface area contributed by atoms with E-state index in [1.807, 2.05) is 68.6 Å². The normalized spacial score (nSPS) is 11.7. The zero-order chi connectivity index (χ0) is 29.6. The third-order valence-electron chi connectivity index (χ3n) is 6.82. The van der Waals surface area contributed by atoms with Gasteiger partial charge in [-0.1, -0.05) is 31.2 Å². The summed E-state index contributed by atoms with van der Waals surface area (Å²) in [4.78, 5) is 17.0. The highest BCUT2D eigenvalue weighted by Gasteiger charge is 2.26. The number of ether oxygens (including phenoxy) is 1. The first-order valence-electron chi connectivity index (χ1n) is 13.7. The van der Waals surface area contributed by atoms with Crippen LogP contribution in [0.25, 0.3) is 28.0 Å². The van der Waals surface area contributed by atoms with Gasteiger partial charge >= 0.3 is 6.18 Å². The van der Waals surface area contributed by atoms with Crippen LogP contribution in [0.1, 0.15) is 47.3 Å². The number of aromatic nitrogens is 2. The van der Waals surface area contributed by atoms with Crippen LogP contribution in [-0.4, -0.2) is 47.8 Å². The summed E-state index contributed by atoms with van der Waals surface area (Å²) in [5, 5.41) is 8.90. The van der Waals surface area contributed by atoms with Crippen LogP contribution in [0.5, 0.6) is 0 Å². The van der Waals surface area contributed by atoms with Gasteiger partial charge in [-0.25, -0.2) is 4.98 Å². The zero-order valence-corrected chi connectivity index (χ0v) is 23.8. The van der Waals surface area contributed by atoms with Gasteiger partial charge in [-0.3, -0.25) is 14.5 Å². The Morgan fingerprint density at radius 2 is 1.73 bits per heavy atom. The van der Waals surface area contributed by atoms with Crippen LogP contribution < -0.4 is 16.0 Å². The van der Waals surface area contributed by atoms with Gasteiger partial charge in [-0.05, 0) is 67.8 Å². The van der Waals surface area contributed by atoms with Gasteiger partial charge in [0.15, 0.2) is 5.65 Å². The summed E-state index contributed by atoms with van der Waals surface area (Å²) in [7, 11) is 0. The number of imidazole rings is 1. The van der Waals surface area contributed by atoms with E-state index in [2.05, 4.69) is 27.0 Å². The molecule has 0 aliphatic rings. The first-order valence-corrected chi connectivity index (χ1v) is 13.7. The molecule has 10 heteroatoms. The molecule has 4 rings (SSSR count). The Morgan fingerprint density at radius 3 is 2.41 bits per heavy atom. The lowest BCUT2D eigenvalue weighted by Gasteiger charge is -2.15. The highest BCUT2D eigenvalue weighted by atomic mass is 19.4. The molecule has 218 valence electrons. The van der Waals surface area contributed by atoms with Crippen LogP contribution >= 0.6 is 0 Å². The Morgan fingerprint density at radius 1 is 0.976 bits per heavy atom. The number of anilines is 1. The molecule has 0 atom stereocenters. The van der Waals surface area contributed by atoms with E-state index in [1.165, 1.54) is 0 Å². The minimum Gasteiger partial charge on any atom is -0.382 e. The molecule has 2 heterocycles. The minimum absolute atomic E-state index is 0.140. The van der Waals surface area contributed by atoms with Gasteiger partial charge in [0.05, 0.1) is 37.3 Å². The number of benzene rings is 2. The van der Waals surface area contributed by atoms with Crippen molar-refractivity contribution in [2.45, 2.75) is 46.9 Å². The molecule has 3 N–H and O–H groups in total. The van der Waals surface area contributed by atoms with E-state index in [9.17, 15) is 18.0 Å². The Balaban J connectivity index is 1.74.